The minimum absolute atomic E-state index is 0.0943. The minimum Gasteiger partial charge on any atom is -0.488 e. The van der Waals surface area contributed by atoms with E-state index < -0.39 is 6.10 Å². The predicted molar refractivity (Wildman–Crippen MR) is 86.7 cm³/mol. The first-order valence-electron chi connectivity index (χ1n) is 7.20. The average Bonchev–Trinajstić information content (AvgIpc) is 2.47. The second-order valence-corrected chi connectivity index (χ2v) is 6.14. The van der Waals surface area contributed by atoms with Crippen molar-refractivity contribution in [1.29, 1.82) is 0 Å². The first-order valence-corrected chi connectivity index (χ1v) is 7.95. The van der Waals surface area contributed by atoms with E-state index in [0.717, 1.165) is 13.1 Å². The first kappa shape index (κ1) is 17.3. The number of nitrogens with zero attached hydrogens (tertiary/aromatic N) is 2. The van der Waals surface area contributed by atoms with Gasteiger partial charge in [-0.2, -0.15) is 0 Å². The van der Waals surface area contributed by atoms with Crippen LogP contribution in [-0.4, -0.2) is 66.2 Å². The maximum absolute atomic E-state index is 11.3. The van der Waals surface area contributed by atoms with E-state index in [-0.39, 0.29) is 12.5 Å². The normalized spacial score (nSPS) is 17.4. The molecule has 1 aliphatic rings. The molecular formula is C15H20Cl2N2O3. The van der Waals surface area contributed by atoms with E-state index in [4.69, 9.17) is 27.9 Å². The molecule has 0 aromatic heterocycles. The molecule has 1 heterocycles. The molecule has 1 saturated heterocycles. The fourth-order valence-electron chi connectivity index (χ4n) is 2.40. The number of carbonyl (C=O) groups excluding carboxylic acids is 1. The highest BCUT2D eigenvalue weighted by Crippen LogP contribution is 2.32. The van der Waals surface area contributed by atoms with Gasteiger partial charge in [0.2, 0.25) is 5.91 Å². The maximum Gasteiger partial charge on any atom is 0.219 e. The summed E-state index contributed by atoms with van der Waals surface area (Å²) < 4.78 is 5.53. The van der Waals surface area contributed by atoms with Gasteiger partial charge in [0.1, 0.15) is 12.7 Å². The molecule has 0 radical (unpaired) electrons. The molecule has 1 aromatic carbocycles. The summed E-state index contributed by atoms with van der Waals surface area (Å²) in [4.78, 5) is 15.2. The first-order chi connectivity index (χ1) is 10.5. The van der Waals surface area contributed by atoms with Crippen LogP contribution in [0.3, 0.4) is 0 Å². The van der Waals surface area contributed by atoms with Crippen molar-refractivity contribution in [2.75, 3.05) is 39.3 Å². The molecule has 0 saturated carbocycles. The second kappa shape index (κ2) is 8.02. The van der Waals surface area contributed by atoms with Crippen LogP contribution < -0.4 is 4.74 Å². The highest BCUT2D eigenvalue weighted by Gasteiger charge is 2.21. The van der Waals surface area contributed by atoms with Crippen molar-refractivity contribution in [3.63, 3.8) is 0 Å². The van der Waals surface area contributed by atoms with Gasteiger partial charge in [0.25, 0.3) is 0 Å². The Kier molecular flexibility index (Phi) is 6.32. The number of para-hydroxylation sites is 1. The lowest BCUT2D eigenvalue weighted by Crippen LogP contribution is -2.50. The predicted octanol–water partition coefficient (Wildman–Crippen LogP) is 1.90. The molecular weight excluding hydrogens is 327 g/mol. The molecule has 1 amide bonds. The molecule has 0 bridgehead atoms. The van der Waals surface area contributed by atoms with Crippen molar-refractivity contribution in [3.05, 3.63) is 28.2 Å². The van der Waals surface area contributed by atoms with Gasteiger partial charge in [0.05, 0.1) is 10.0 Å². The van der Waals surface area contributed by atoms with E-state index in [0.29, 0.717) is 35.4 Å². The van der Waals surface area contributed by atoms with Crippen LogP contribution in [0.2, 0.25) is 10.0 Å². The van der Waals surface area contributed by atoms with Crippen molar-refractivity contribution in [1.82, 2.24) is 9.80 Å². The number of piperazine rings is 1. The monoisotopic (exact) mass is 346 g/mol. The van der Waals surface area contributed by atoms with Gasteiger partial charge >= 0.3 is 0 Å². The molecule has 122 valence electrons. The fourth-order valence-corrected chi connectivity index (χ4v) is 2.90. The van der Waals surface area contributed by atoms with E-state index in [1.165, 1.54) is 0 Å². The molecule has 1 aromatic rings. The zero-order valence-electron chi connectivity index (χ0n) is 12.5. The molecule has 0 aliphatic carbocycles. The van der Waals surface area contributed by atoms with Crippen molar-refractivity contribution < 1.29 is 14.6 Å². The Hall–Kier alpha value is -1.01. The van der Waals surface area contributed by atoms with E-state index >= 15 is 0 Å². The Labute approximate surface area is 140 Å². The number of hydrogen-bond donors (Lipinski definition) is 1. The standard InChI is InChI=1S/C15H20Cl2N2O3/c1-11(20)19-7-5-18(6-8-19)9-12(21)10-22-15-13(16)3-2-4-14(15)17/h2-4,12,21H,5-10H2,1H3. The van der Waals surface area contributed by atoms with Gasteiger partial charge in [0, 0.05) is 39.6 Å². The van der Waals surface area contributed by atoms with Gasteiger partial charge in [-0.05, 0) is 12.1 Å². The highest BCUT2D eigenvalue weighted by molar-refractivity contribution is 6.37. The summed E-state index contributed by atoms with van der Waals surface area (Å²) >= 11 is 12.0. The zero-order valence-corrected chi connectivity index (χ0v) is 14.0. The van der Waals surface area contributed by atoms with E-state index in [1.807, 2.05) is 4.90 Å². The Morgan fingerprint density at radius 3 is 2.41 bits per heavy atom. The second-order valence-electron chi connectivity index (χ2n) is 5.32. The van der Waals surface area contributed by atoms with Gasteiger partial charge in [-0.15, -0.1) is 0 Å². The van der Waals surface area contributed by atoms with Crippen LogP contribution >= 0.6 is 23.2 Å². The van der Waals surface area contributed by atoms with Crippen LogP contribution in [0, 0.1) is 0 Å². The number of hydrogen-bond acceptors (Lipinski definition) is 4. The van der Waals surface area contributed by atoms with Crippen LogP contribution in [0.5, 0.6) is 5.75 Å². The zero-order chi connectivity index (χ0) is 16.1. The van der Waals surface area contributed by atoms with E-state index in [1.54, 1.807) is 25.1 Å². The van der Waals surface area contributed by atoms with Crippen molar-refractivity contribution in [2.45, 2.75) is 13.0 Å². The number of aliphatic hydroxyl groups excluding tert-OH is 1. The van der Waals surface area contributed by atoms with Crippen molar-refractivity contribution in [3.8, 4) is 5.75 Å². The fraction of sp³-hybridized carbons (Fsp3) is 0.533. The molecule has 7 heteroatoms. The third-order valence-electron chi connectivity index (χ3n) is 3.63. The van der Waals surface area contributed by atoms with E-state index in [9.17, 15) is 9.90 Å². The number of benzene rings is 1. The van der Waals surface area contributed by atoms with E-state index in [2.05, 4.69) is 4.90 Å². The highest BCUT2D eigenvalue weighted by atomic mass is 35.5. The molecule has 1 N–H and O–H groups in total. The summed E-state index contributed by atoms with van der Waals surface area (Å²) in [7, 11) is 0. The largest absolute Gasteiger partial charge is 0.488 e. The number of amides is 1. The molecule has 1 unspecified atom stereocenters. The molecule has 1 atom stereocenters. The molecule has 2 rings (SSSR count). The van der Waals surface area contributed by atoms with Gasteiger partial charge in [-0.3, -0.25) is 9.69 Å². The Morgan fingerprint density at radius 2 is 1.86 bits per heavy atom. The Balaban J connectivity index is 1.77. The Morgan fingerprint density at radius 1 is 1.27 bits per heavy atom. The number of aliphatic hydroxyl groups is 1. The SMILES string of the molecule is CC(=O)N1CCN(CC(O)COc2c(Cl)cccc2Cl)CC1. The summed E-state index contributed by atoms with van der Waals surface area (Å²) in [5.74, 6) is 0.489. The summed E-state index contributed by atoms with van der Waals surface area (Å²) in [5, 5.41) is 10.9. The smallest absolute Gasteiger partial charge is 0.219 e. The quantitative estimate of drug-likeness (QED) is 0.884. The van der Waals surface area contributed by atoms with Gasteiger partial charge in [-0.25, -0.2) is 0 Å². The summed E-state index contributed by atoms with van der Waals surface area (Å²) in [6.07, 6.45) is -0.642. The number of halogens is 2. The van der Waals surface area contributed by atoms with Gasteiger partial charge < -0.3 is 14.7 Å². The summed E-state index contributed by atoms with van der Waals surface area (Å²) in [6, 6.07) is 5.12. The van der Waals surface area contributed by atoms with Crippen molar-refractivity contribution >= 4 is 29.1 Å². The lowest BCUT2D eigenvalue weighted by molar-refractivity contribution is -0.130. The Bertz CT molecular complexity index is 499. The molecule has 1 aliphatic heterocycles. The van der Waals surface area contributed by atoms with Crippen molar-refractivity contribution in [2.24, 2.45) is 0 Å². The number of ether oxygens (including phenoxy) is 1. The molecule has 22 heavy (non-hydrogen) atoms. The maximum atomic E-state index is 11.3. The summed E-state index contributed by atoms with van der Waals surface area (Å²) in [6.45, 7) is 5.08. The van der Waals surface area contributed by atoms with Crippen LogP contribution in [-0.2, 0) is 4.79 Å². The van der Waals surface area contributed by atoms with Crippen LogP contribution in [0.15, 0.2) is 18.2 Å². The van der Waals surface area contributed by atoms with Gasteiger partial charge in [0.15, 0.2) is 5.75 Å². The topological polar surface area (TPSA) is 53.0 Å². The third kappa shape index (κ3) is 4.74. The number of β-amino-alcohol motifs (C(OH)–C–C–N with tert-alkyl or cyclic N) is 1. The molecule has 0 spiro atoms. The lowest BCUT2D eigenvalue weighted by atomic mass is 10.2. The number of rotatable bonds is 5. The average molecular weight is 347 g/mol. The van der Waals surface area contributed by atoms with Crippen LogP contribution in [0.25, 0.3) is 0 Å². The van der Waals surface area contributed by atoms with Crippen LogP contribution in [0.4, 0.5) is 0 Å². The summed E-state index contributed by atoms with van der Waals surface area (Å²) in [5.41, 5.74) is 0. The lowest BCUT2D eigenvalue weighted by Gasteiger charge is -2.35. The molecule has 5 nitrogen and oxygen atoms in total. The minimum atomic E-state index is -0.642. The number of carbonyl (C=O) groups is 1. The third-order valence-corrected chi connectivity index (χ3v) is 4.22. The van der Waals surface area contributed by atoms with Gasteiger partial charge in [-0.1, -0.05) is 29.3 Å². The van der Waals surface area contributed by atoms with Crippen LogP contribution in [0.1, 0.15) is 6.92 Å². The molecule has 1 fully saturated rings.